The van der Waals surface area contributed by atoms with Crippen molar-refractivity contribution in [3.63, 3.8) is 0 Å². The Labute approximate surface area is 77.3 Å². The third-order valence-corrected chi connectivity index (χ3v) is 1.81. The summed E-state index contributed by atoms with van der Waals surface area (Å²) in [5, 5.41) is 0. The Bertz CT molecular complexity index is 306. The molecule has 3 heteroatoms. The average Bonchev–Trinajstić information content (AvgIpc) is 2.15. The summed E-state index contributed by atoms with van der Waals surface area (Å²) < 4.78 is 0. The molecule has 0 atom stereocenters. The van der Waals surface area contributed by atoms with Gasteiger partial charge >= 0.3 is 0 Å². The fourth-order valence-electron chi connectivity index (χ4n) is 0.968. The van der Waals surface area contributed by atoms with E-state index < -0.39 is 5.91 Å². The number of aromatic nitrogens is 1. The van der Waals surface area contributed by atoms with E-state index in [2.05, 4.69) is 11.6 Å². The molecule has 0 unspecified atom stereocenters. The second kappa shape index (κ2) is 4.40. The SMILES string of the molecule is C=C(CCc1ccncc1)C(N)=O. The summed E-state index contributed by atoms with van der Waals surface area (Å²) in [5.41, 5.74) is 6.66. The van der Waals surface area contributed by atoms with Gasteiger partial charge in [0.15, 0.2) is 0 Å². The van der Waals surface area contributed by atoms with E-state index in [0.29, 0.717) is 12.0 Å². The highest BCUT2D eigenvalue weighted by Crippen LogP contribution is 2.05. The predicted octanol–water partition coefficient (Wildman–Crippen LogP) is 1.06. The van der Waals surface area contributed by atoms with Crippen LogP contribution in [0.4, 0.5) is 0 Å². The molecule has 0 aliphatic rings. The number of nitrogens with two attached hydrogens (primary N) is 1. The summed E-state index contributed by atoms with van der Waals surface area (Å²) >= 11 is 0. The molecule has 1 heterocycles. The van der Waals surface area contributed by atoms with Crippen molar-refractivity contribution in [2.75, 3.05) is 0 Å². The lowest BCUT2D eigenvalue weighted by Crippen LogP contribution is -2.13. The highest BCUT2D eigenvalue weighted by atomic mass is 16.1. The number of amides is 1. The predicted molar refractivity (Wildman–Crippen MR) is 50.9 cm³/mol. The molecule has 0 aromatic carbocycles. The Morgan fingerprint density at radius 1 is 1.46 bits per heavy atom. The molecule has 0 aliphatic heterocycles. The van der Waals surface area contributed by atoms with Crippen LogP contribution in [0.25, 0.3) is 0 Å². The molecule has 2 N–H and O–H groups in total. The minimum Gasteiger partial charge on any atom is -0.366 e. The van der Waals surface area contributed by atoms with Gasteiger partial charge < -0.3 is 5.73 Å². The van der Waals surface area contributed by atoms with Gasteiger partial charge in [-0.2, -0.15) is 0 Å². The average molecular weight is 176 g/mol. The first kappa shape index (κ1) is 9.45. The van der Waals surface area contributed by atoms with Crippen LogP contribution in [0.2, 0.25) is 0 Å². The van der Waals surface area contributed by atoms with E-state index in [1.54, 1.807) is 12.4 Å². The van der Waals surface area contributed by atoms with Crippen LogP contribution >= 0.6 is 0 Å². The molecular formula is C10H12N2O. The molecule has 0 fully saturated rings. The molecule has 1 aromatic heterocycles. The highest BCUT2D eigenvalue weighted by molar-refractivity contribution is 5.91. The van der Waals surface area contributed by atoms with E-state index in [1.165, 1.54) is 0 Å². The largest absolute Gasteiger partial charge is 0.366 e. The van der Waals surface area contributed by atoms with Gasteiger partial charge in [-0.1, -0.05) is 6.58 Å². The maximum Gasteiger partial charge on any atom is 0.244 e. The van der Waals surface area contributed by atoms with Gasteiger partial charge in [-0.15, -0.1) is 0 Å². The smallest absolute Gasteiger partial charge is 0.244 e. The third-order valence-electron chi connectivity index (χ3n) is 1.81. The number of carbonyl (C=O) groups excluding carboxylic acids is 1. The number of hydrogen-bond donors (Lipinski definition) is 1. The molecule has 1 rings (SSSR count). The van der Waals surface area contributed by atoms with Gasteiger partial charge in [0.2, 0.25) is 5.91 Å². The van der Waals surface area contributed by atoms with Crippen molar-refractivity contribution in [3.8, 4) is 0 Å². The third kappa shape index (κ3) is 3.07. The number of nitrogens with zero attached hydrogens (tertiary/aromatic N) is 1. The molecule has 0 aliphatic carbocycles. The first-order valence-corrected chi connectivity index (χ1v) is 4.06. The normalized spacial score (nSPS) is 9.54. The van der Waals surface area contributed by atoms with Crippen LogP contribution in [0.15, 0.2) is 36.7 Å². The molecule has 68 valence electrons. The van der Waals surface area contributed by atoms with Crippen LogP contribution in [0.1, 0.15) is 12.0 Å². The summed E-state index contributed by atoms with van der Waals surface area (Å²) in [7, 11) is 0. The Morgan fingerprint density at radius 2 is 2.08 bits per heavy atom. The van der Waals surface area contributed by atoms with E-state index in [1.807, 2.05) is 12.1 Å². The molecule has 3 nitrogen and oxygen atoms in total. The van der Waals surface area contributed by atoms with Crippen LogP contribution in [-0.4, -0.2) is 10.9 Å². The summed E-state index contributed by atoms with van der Waals surface area (Å²) in [6, 6.07) is 3.82. The maximum atomic E-state index is 10.6. The van der Waals surface area contributed by atoms with Crippen molar-refractivity contribution in [2.24, 2.45) is 5.73 Å². The van der Waals surface area contributed by atoms with Crippen LogP contribution in [0, 0.1) is 0 Å². The first-order chi connectivity index (χ1) is 6.20. The zero-order valence-corrected chi connectivity index (χ0v) is 7.36. The van der Waals surface area contributed by atoms with E-state index in [9.17, 15) is 4.79 Å². The summed E-state index contributed by atoms with van der Waals surface area (Å²) in [6.45, 7) is 3.58. The topological polar surface area (TPSA) is 56.0 Å². The van der Waals surface area contributed by atoms with Crippen molar-refractivity contribution in [1.29, 1.82) is 0 Å². The molecule has 0 saturated heterocycles. The first-order valence-electron chi connectivity index (χ1n) is 4.06. The Kier molecular flexibility index (Phi) is 3.20. The molecule has 0 bridgehead atoms. The molecular weight excluding hydrogens is 164 g/mol. The molecule has 0 spiro atoms. The van der Waals surface area contributed by atoms with Gasteiger partial charge in [-0.25, -0.2) is 0 Å². The van der Waals surface area contributed by atoms with Crippen LogP contribution < -0.4 is 5.73 Å². The number of rotatable bonds is 4. The summed E-state index contributed by atoms with van der Waals surface area (Å²) in [6.07, 6.45) is 4.84. The van der Waals surface area contributed by atoms with Gasteiger partial charge in [-0.3, -0.25) is 9.78 Å². The number of hydrogen-bond acceptors (Lipinski definition) is 2. The van der Waals surface area contributed by atoms with Crippen LogP contribution in [-0.2, 0) is 11.2 Å². The number of carbonyl (C=O) groups is 1. The fourth-order valence-corrected chi connectivity index (χ4v) is 0.968. The highest BCUT2D eigenvalue weighted by Gasteiger charge is 2.01. The second-order valence-electron chi connectivity index (χ2n) is 2.82. The Morgan fingerprint density at radius 3 is 2.62 bits per heavy atom. The summed E-state index contributed by atoms with van der Waals surface area (Å²) in [5.74, 6) is -0.422. The zero-order valence-electron chi connectivity index (χ0n) is 7.36. The van der Waals surface area contributed by atoms with Gasteiger partial charge in [0.1, 0.15) is 0 Å². The Hall–Kier alpha value is -1.64. The zero-order chi connectivity index (χ0) is 9.68. The minimum atomic E-state index is -0.422. The minimum absolute atomic E-state index is 0.422. The molecule has 1 amide bonds. The van der Waals surface area contributed by atoms with Gasteiger partial charge in [0.05, 0.1) is 0 Å². The lowest BCUT2D eigenvalue weighted by atomic mass is 10.1. The van der Waals surface area contributed by atoms with Crippen molar-refractivity contribution in [2.45, 2.75) is 12.8 Å². The molecule has 13 heavy (non-hydrogen) atoms. The van der Waals surface area contributed by atoms with Crippen LogP contribution in [0.5, 0.6) is 0 Å². The summed E-state index contributed by atoms with van der Waals surface area (Å²) in [4.78, 5) is 14.5. The van der Waals surface area contributed by atoms with E-state index >= 15 is 0 Å². The molecule has 1 aromatic rings. The molecule has 0 radical (unpaired) electrons. The van der Waals surface area contributed by atoms with E-state index in [4.69, 9.17) is 5.73 Å². The number of aryl methyl sites for hydroxylation is 1. The van der Waals surface area contributed by atoms with Crippen molar-refractivity contribution >= 4 is 5.91 Å². The van der Waals surface area contributed by atoms with Crippen molar-refractivity contribution in [1.82, 2.24) is 4.98 Å². The number of pyridine rings is 1. The fraction of sp³-hybridized carbons (Fsp3) is 0.200. The lowest BCUT2D eigenvalue weighted by Gasteiger charge is -2.00. The van der Waals surface area contributed by atoms with Gasteiger partial charge in [-0.05, 0) is 30.5 Å². The van der Waals surface area contributed by atoms with Crippen molar-refractivity contribution < 1.29 is 4.79 Å². The van der Waals surface area contributed by atoms with E-state index in [-0.39, 0.29) is 0 Å². The van der Waals surface area contributed by atoms with E-state index in [0.717, 1.165) is 12.0 Å². The second-order valence-corrected chi connectivity index (χ2v) is 2.82. The maximum absolute atomic E-state index is 10.6. The van der Waals surface area contributed by atoms with Crippen LogP contribution in [0.3, 0.4) is 0 Å². The standard InChI is InChI=1S/C10H12N2O/c1-8(10(11)13)2-3-9-4-6-12-7-5-9/h4-7H,1-3H2,(H2,11,13). The Balaban J connectivity index is 2.44. The molecule has 0 saturated carbocycles. The number of primary amides is 1. The lowest BCUT2D eigenvalue weighted by molar-refractivity contribution is -0.114. The van der Waals surface area contributed by atoms with Gasteiger partial charge in [0, 0.05) is 18.0 Å². The monoisotopic (exact) mass is 176 g/mol. The van der Waals surface area contributed by atoms with Gasteiger partial charge in [0.25, 0.3) is 0 Å². The quantitative estimate of drug-likeness (QED) is 0.697. The van der Waals surface area contributed by atoms with Crippen molar-refractivity contribution in [3.05, 3.63) is 42.2 Å².